The maximum Gasteiger partial charge on any atom is 0.460 e. The first-order chi connectivity index (χ1) is 14.0. The van der Waals surface area contributed by atoms with Crippen LogP contribution in [-0.4, -0.2) is 70.3 Å². The third kappa shape index (κ3) is 5.84. The van der Waals surface area contributed by atoms with Gasteiger partial charge >= 0.3 is 41.8 Å². The highest BCUT2D eigenvalue weighted by Crippen LogP contribution is 2.60. The van der Waals surface area contributed by atoms with E-state index in [-0.39, 0.29) is 11.8 Å². The molecule has 0 fully saturated rings. The second-order valence-corrected chi connectivity index (χ2v) is 7.46. The predicted molar refractivity (Wildman–Crippen MR) is 82.6 cm³/mol. The van der Waals surface area contributed by atoms with Gasteiger partial charge in [0.1, 0.15) is 6.04 Å². The normalized spacial score (nSPS) is 15.4. The molecule has 0 heterocycles. The van der Waals surface area contributed by atoms with Gasteiger partial charge in [0, 0.05) is 18.6 Å². The Balaban J connectivity index is 5.22. The Morgan fingerprint density at radius 2 is 1.22 bits per heavy atom. The maximum atomic E-state index is 13.5. The highest BCUT2D eigenvalue weighted by atomic mass is 32.2. The van der Waals surface area contributed by atoms with Crippen molar-refractivity contribution in [3.63, 3.8) is 0 Å². The molecule has 0 bridgehead atoms. The summed E-state index contributed by atoms with van der Waals surface area (Å²) in [6.07, 6.45) is -10.4. The van der Waals surface area contributed by atoms with Crippen LogP contribution in [0.5, 0.6) is 0 Å². The molecule has 0 radical (unpaired) electrons. The smallest absolute Gasteiger partial charge is 0.460 e. The lowest BCUT2D eigenvalue weighted by Crippen LogP contribution is -2.70. The molecular weight excluding hydrogens is 509 g/mol. The molecule has 0 aliphatic carbocycles. The largest absolute Gasteiger partial charge is 0.480 e. The Morgan fingerprint density at radius 1 is 0.781 bits per heavy atom. The number of rotatable bonds is 12. The zero-order valence-electron chi connectivity index (χ0n) is 15.5. The summed E-state index contributed by atoms with van der Waals surface area (Å²) < 4.78 is 168. The van der Waals surface area contributed by atoms with Crippen LogP contribution < -0.4 is 5.32 Å². The molecule has 0 aromatic heterocycles. The van der Waals surface area contributed by atoms with E-state index in [0.29, 0.717) is 0 Å². The SMILES string of the molecule is CC(NC(=O)CCSCCC(F)(F)C(F)(F)C(F)(F)C(F)(F)C(F)(F)C(F)(F)F)C(=O)O. The van der Waals surface area contributed by atoms with Crippen molar-refractivity contribution in [3.05, 3.63) is 0 Å². The molecule has 0 aromatic carbocycles. The molecule has 0 saturated heterocycles. The summed E-state index contributed by atoms with van der Waals surface area (Å²) in [7, 11) is 0. The van der Waals surface area contributed by atoms with Gasteiger partial charge in [-0.05, 0) is 12.7 Å². The molecule has 1 amide bonds. The van der Waals surface area contributed by atoms with Crippen molar-refractivity contribution in [2.45, 2.75) is 61.6 Å². The molecule has 32 heavy (non-hydrogen) atoms. The van der Waals surface area contributed by atoms with E-state index in [4.69, 9.17) is 5.11 Å². The number of hydrogen-bond acceptors (Lipinski definition) is 3. The van der Waals surface area contributed by atoms with Crippen LogP contribution in [0, 0.1) is 0 Å². The van der Waals surface area contributed by atoms with E-state index < -0.39 is 78.1 Å². The Bertz CT molecular complexity index is 681. The lowest BCUT2D eigenvalue weighted by atomic mass is 9.93. The fourth-order valence-electron chi connectivity index (χ4n) is 1.80. The highest BCUT2D eigenvalue weighted by molar-refractivity contribution is 7.99. The monoisotopic (exact) mass is 523 g/mol. The molecule has 0 aromatic rings. The minimum Gasteiger partial charge on any atom is -0.480 e. The first kappa shape index (κ1) is 30.4. The number of carbonyl (C=O) groups excluding carboxylic acids is 1. The van der Waals surface area contributed by atoms with Gasteiger partial charge in [-0.15, -0.1) is 0 Å². The van der Waals surface area contributed by atoms with E-state index in [1.165, 1.54) is 0 Å². The van der Waals surface area contributed by atoms with Crippen molar-refractivity contribution < 1.29 is 71.8 Å². The van der Waals surface area contributed by atoms with Crippen molar-refractivity contribution >= 4 is 23.6 Å². The van der Waals surface area contributed by atoms with Crippen molar-refractivity contribution in [2.75, 3.05) is 11.5 Å². The van der Waals surface area contributed by atoms with Crippen LogP contribution in [-0.2, 0) is 9.59 Å². The van der Waals surface area contributed by atoms with Crippen LogP contribution in [0.3, 0.4) is 0 Å². The second-order valence-electron chi connectivity index (χ2n) is 6.24. The summed E-state index contributed by atoms with van der Waals surface area (Å²) in [5, 5.41) is 10.4. The lowest BCUT2D eigenvalue weighted by molar-refractivity contribution is -0.439. The maximum absolute atomic E-state index is 13.5. The predicted octanol–water partition coefficient (Wildman–Crippen LogP) is 4.83. The number of carboxylic acids is 1. The van der Waals surface area contributed by atoms with Gasteiger partial charge in [0.05, 0.1) is 0 Å². The van der Waals surface area contributed by atoms with Gasteiger partial charge < -0.3 is 10.4 Å². The molecule has 0 aliphatic rings. The van der Waals surface area contributed by atoms with Gasteiger partial charge in [-0.3, -0.25) is 9.59 Å². The number of alkyl halides is 13. The van der Waals surface area contributed by atoms with Crippen molar-refractivity contribution in [3.8, 4) is 0 Å². The molecule has 0 rings (SSSR count). The summed E-state index contributed by atoms with van der Waals surface area (Å²) in [5.74, 6) is -41.1. The molecule has 0 spiro atoms. The number of carboxylic acid groups (broad SMARTS) is 1. The van der Waals surface area contributed by atoms with Crippen LogP contribution in [0.2, 0.25) is 0 Å². The second kappa shape index (κ2) is 9.70. The minimum atomic E-state index is -7.93. The van der Waals surface area contributed by atoms with E-state index in [1.54, 1.807) is 0 Å². The minimum absolute atomic E-state index is 0.206. The van der Waals surface area contributed by atoms with Gasteiger partial charge in [-0.1, -0.05) is 0 Å². The average Bonchev–Trinajstić information content (AvgIpc) is 2.59. The molecule has 190 valence electrons. The van der Waals surface area contributed by atoms with Crippen LogP contribution in [0.4, 0.5) is 57.1 Å². The molecule has 1 atom stereocenters. The van der Waals surface area contributed by atoms with Gasteiger partial charge in [0.15, 0.2) is 0 Å². The number of nitrogens with one attached hydrogen (secondary N) is 1. The fraction of sp³-hybridized carbons (Fsp3) is 0.857. The summed E-state index contributed by atoms with van der Waals surface area (Å²) in [5.41, 5.74) is 0. The zero-order chi connectivity index (χ0) is 26.0. The van der Waals surface area contributed by atoms with Gasteiger partial charge in [0.25, 0.3) is 0 Å². The third-order valence-corrected chi connectivity index (χ3v) is 4.77. The number of carbonyl (C=O) groups is 2. The molecular formula is C14H14F13NO3S. The van der Waals surface area contributed by atoms with Gasteiger partial charge in [-0.2, -0.15) is 68.8 Å². The quantitative estimate of drug-likeness (QED) is 0.284. The molecule has 0 aliphatic heterocycles. The van der Waals surface area contributed by atoms with Crippen molar-refractivity contribution in [1.29, 1.82) is 0 Å². The van der Waals surface area contributed by atoms with Crippen LogP contribution in [0.25, 0.3) is 0 Å². The third-order valence-electron chi connectivity index (χ3n) is 3.78. The Morgan fingerprint density at radius 3 is 1.62 bits per heavy atom. The summed E-state index contributed by atoms with van der Waals surface area (Å²) in [6, 6.07) is -1.35. The Labute approximate surface area is 174 Å². The summed E-state index contributed by atoms with van der Waals surface area (Å²) in [4.78, 5) is 21.8. The number of halogens is 13. The zero-order valence-corrected chi connectivity index (χ0v) is 16.3. The Hall–Kier alpha value is -1.62. The fourth-order valence-corrected chi connectivity index (χ4v) is 2.74. The molecule has 2 N–H and O–H groups in total. The first-order valence-electron chi connectivity index (χ1n) is 8.03. The first-order valence-corrected chi connectivity index (χ1v) is 9.18. The van der Waals surface area contributed by atoms with Crippen molar-refractivity contribution in [1.82, 2.24) is 5.32 Å². The molecule has 18 heteroatoms. The van der Waals surface area contributed by atoms with Crippen LogP contribution in [0.1, 0.15) is 19.8 Å². The van der Waals surface area contributed by atoms with E-state index in [2.05, 4.69) is 0 Å². The number of hydrogen-bond donors (Lipinski definition) is 2. The van der Waals surface area contributed by atoms with Crippen LogP contribution in [0.15, 0.2) is 0 Å². The number of amides is 1. The lowest BCUT2D eigenvalue weighted by Gasteiger charge is -2.39. The highest BCUT2D eigenvalue weighted by Gasteiger charge is 2.90. The van der Waals surface area contributed by atoms with E-state index in [9.17, 15) is 66.7 Å². The van der Waals surface area contributed by atoms with E-state index >= 15 is 0 Å². The summed E-state index contributed by atoms with van der Waals surface area (Å²) in [6.45, 7) is 1.05. The van der Waals surface area contributed by atoms with E-state index in [1.807, 2.05) is 5.32 Å². The average molecular weight is 523 g/mol. The number of thioether (sulfide) groups is 1. The Kier molecular flexibility index (Phi) is 9.21. The van der Waals surface area contributed by atoms with E-state index in [0.717, 1.165) is 6.92 Å². The molecule has 4 nitrogen and oxygen atoms in total. The molecule has 0 saturated carbocycles. The van der Waals surface area contributed by atoms with Crippen molar-refractivity contribution in [2.24, 2.45) is 0 Å². The van der Waals surface area contributed by atoms with Gasteiger partial charge in [-0.25, -0.2) is 0 Å². The van der Waals surface area contributed by atoms with Crippen LogP contribution >= 0.6 is 11.8 Å². The number of aliphatic carboxylic acids is 1. The molecule has 1 unspecified atom stereocenters. The van der Waals surface area contributed by atoms with Gasteiger partial charge in [0.2, 0.25) is 5.91 Å². The standard InChI is InChI=1S/C14H14F13NO3S/c1-6(8(30)31)28-7(29)2-4-32-5-3-9(15,16)10(17,18)11(19,20)12(21,22)13(23,24)14(25,26)27/h6H,2-5H2,1H3,(H,28,29)(H,30,31). The topological polar surface area (TPSA) is 66.4 Å². The summed E-state index contributed by atoms with van der Waals surface area (Å²) >= 11 is 0.206.